The molecule has 1 N–H and O–H groups in total. The van der Waals surface area contributed by atoms with Crippen molar-refractivity contribution in [1.82, 2.24) is 10.2 Å². The predicted octanol–water partition coefficient (Wildman–Crippen LogP) is 3.42. The number of piperidine rings is 2. The summed E-state index contributed by atoms with van der Waals surface area (Å²) in [5.74, 6) is -0.00484. The standard InChI is InChI=1S/C17H21ClFN3/c18-17-10-15(22-7-5-12(11-20)6-8-22)9-16(21-17)13-1-3-14(19)4-2-13/h1-4,12,15-17,21H,5-10H2. The fourth-order valence-corrected chi connectivity index (χ4v) is 3.94. The van der Waals surface area contributed by atoms with Crippen LogP contribution in [0.25, 0.3) is 0 Å². The zero-order valence-electron chi connectivity index (χ0n) is 12.5. The number of hydrogen-bond acceptors (Lipinski definition) is 3. The maximum absolute atomic E-state index is 13.1. The number of nitrogens with one attached hydrogen (secondary N) is 1. The third kappa shape index (κ3) is 3.60. The van der Waals surface area contributed by atoms with Crippen LogP contribution < -0.4 is 5.32 Å². The van der Waals surface area contributed by atoms with Crippen LogP contribution in [0, 0.1) is 23.1 Å². The molecule has 118 valence electrons. The Morgan fingerprint density at radius 2 is 1.86 bits per heavy atom. The van der Waals surface area contributed by atoms with Gasteiger partial charge in [0.15, 0.2) is 0 Å². The van der Waals surface area contributed by atoms with Gasteiger partial charge in [-0.2, -0.15) is 5.26 Å². The molecule has 1 aromatic rings. The van der Waals surface area contributed by atoms with Crippen LogP contribution in [0.2, 0.25) is 0 Å². The minimum Gasteiger partial charge on any atom is -0.300 e. The number of nitrogens with zero attached hydrogens (tertiary/aromatic N) is 2. The molecular weight excluding hydrogens is 301 g/mol. The van der Waals surface area contributed by atoms with Gasteiger partial charge in [-0.05, 0) is 56.5 Å². The van der Waals surface area contributed by atoms with Crippen molar-refractivity contribution in [3.63, 3.8) is 0 Å². The molecule has 0 aromatic heterocycles. The highest BCUT2D eigenvalue weighted by molar-refractivity contribution is 6.20. The topological polar surface area (TPSA) is 39.1 Å². The number of hydrogen-bond donors (Lipinski definition) is 1. The molecule has 2 aliphatic rings. The fraction of sp³-hybridized carbons (Fsp3) is 0.588. The zero-order chi connectivity index (χ0) is 15.5. The molecule has 0 saturated carbocycles. The summed E-state index contributed by atoms with van der Waals surface area (Å²) in [5.41, 5.74) is 1.02. The van der Waals surface area contributed by atoms with Gasteiger partial charge in [-0.25, -0.2) is 4.39 Å². The van der Waals surface area contributed by atoms with Crippen molar-refractivity contribution in [2.24, 2.45) is 5.92 Å². The van der Waals surface area contributed by atoms with Crippen molar-refractivity contribution in [3.8, 4) is 6.07 Å². The Morgan fingerprint density at radius 3 is 2.50 bits per heavy atom. The molecule has 3 rings (SSSR count). The second kappa shape index (κ2) is 6.95. The number of nitriles is 1. The van der Waals surface area contributed by atoms with Crippen LogP contribution in [-0.4, -0.2) is 29.5 Å². The second-order valence-electron chi connectivity index (χ2n) is 6.30. The van der Waals surface area contributed by atoms with Crippen LogP contribution >= 0.6 is 11.6 Å². The van der Waals surface area contributed by atoms with E-state index in [1.165, 1.54) is 12.1 Å². The van der Waals surface area contributed by atoms with Gasteiger partial charge in [0.2, 0.25) is 0 Å². The molecule has 3 unspecified atom stereocenters. The Morgan fingerprint density at radius 1 is 1.18 bits per heavy atom. The molecule has 0 bridgehead atoms. The highest BCUT2D eigenvalue weighted by atomic mass is 35.5. The smallest absolute Gasteiger partial charge is 0.123 e. The van der Waals surface area contributed by atoms with Gasteiger partial charge < -0.3 is 4.90 Å². The molecule has 1 aromatic carbocycles. The Kier molecular flexibility index (Phi) is 4.97. The normalized spacial score (nSPS) is 30.9. The van der Waals surface area contributed by atoms with E-state index in [0.717, 1.165) is 44.3 Å². The summed E-state index contributed by atoms with van der Waals surface area (Å²) in [6.45, 7) is 1.95. The Labute approximate surface area is 136 Å². The average Bonchev–Trinajstić information content (AvgIpc) is 2.55. The summed E-state index contributed by atoms with van der Waals surface area (Å²) in [7, 11) is 0. The lowest BCUT2D eigenvalue weighted by atomic mass is 9.90. The number of rotatable bonds is 2. The maximum Gasteiger partial charge on any atom is 0.123 e. The summed E-state index contributed by atoms with van der Waals surface area (Å²) >= 11 is 6.40. The first kappa shape index (κ1) is 15.7. The van der Waals surface area contributed by atoms with Crippen LogP contribution in [-0.2, 0) is 0 Å². The molecule has 22 heavy (non-hydrogen) atoms. The van der Waals surface area contributed by atoms with Gasteiger partial charge in [0.05, 0.1) is 11.6 Å². The number of likely N-dealkylation sites (tertiary alicyclic amines) is 1. The van der Waals surface area contributed by atoms with Crippen molar-refractivity contribution >= 4 is 11.6 Å². The predicted molar refractivity (Wildman–Crippen MR) is 84.8 cm³/mol. The quantitative estimate of drug-likeness (QED) is 0.670. The van der Waals surface area contributed by atoms with E-state index in [-0.39, 0.29) is 23.3 Å². The van der Waals surface area contributed by atoms with E-state index in [0.29, 0.717) is 6.04 Å². The van der Waals surface area contributed by atoms with Gasteiger partial charge in [0, 0.05) is 18.0 Å². The van der Waals surface area contributed by atoms with Crippen molar-refractivity contribution in [1.29, 1.82) is 5.26 Å². The number of benzene rings is 1. The largest absolute Gasteiger partial charge is 0.300 e. The van der Waals surface area contributed by atoms with E-state index >= 15 is 0 Å². The van der Waals surface area contributed by atoms with Crippen LogP contribution in [0.15, 0.2) is 24.3 Å². The summed E-state index contributed by atoms with van der Waals surface area (Å²) in [6.07, 6.45) is 3.80. The molecule has 5 heteroatoms. The van der Waals surface area contributed by atoms with Gasteiger partial charge in [0.1, 0.15) is 5.82 Å². The molecule has 0 spiro atoms. The van der Waals surface area contributed by atoms with E-state index < -0.39 is 0 Å². The summed E-state index contributed by atoms with van der Waals surface area (Å²) in [4.78, 5) is 2.47. The van der Waals surface area contributed by atoms with Gasteiger partial charge in [-0.15, -0.1) is 11.6 Å². The average molecular weight is 322 g/mol. The van der Waals surface area contributed by atoms with Gasteiger partial charge in [-0.3, -0.25) is 5.32 Å². The molecule has 0 radical (unpaired) electrons. The Balaban J connectivity index is 1.66. The minimum absolute atomic E-state index is 0.0671. The lowest BCUT2D eigenvalue weighted by Gasteiger charge is -2.42. The van der Waals surface area contributed by atoms with Crippen molar-refractivity contribution in [2.75, 3.05) is 13.1 Å². The Bertz CT molecular complexity index is 534. The molecule has 0 amide bonds. The van der Waals surface area contributed by atoms with Gasteiger partial charge in [-0.1, -0.05) is 12.1 Å². The third-order valence-corrected chi connectivity index (χ3v) is 5.17. The van der Waals surface area contributed by atoms with Gasteiger partial charge >= 0.3 is 0 Å². The fourth-order valence-electron chi connectivity index (χ4n) is 3.58. The monoisotopic (exact) mass is 321 g/mol. The van der Waals surface area contributed by atoms with Crippen LogP contribution in [0.3, 0.4) is 0 Å². The van der Waals surface area contributed by atoms with E-state index in [2.05, 4.69) is 16.3 Å². The lowest BCUT2D eigenvalue weighted by molar-refractivity contribution is 0.104. The van der Waals surface area contributed by atoms with E-state index in [9.17, 15) is 4.39 Å². The molecule has 2 saturated heterocycles. The van der Waals surface area contributed by atoms with E-state index in [1.54, 1.807) is 0 Å². The highest BCUT2D eigenvalue weighted by Crippen LogP contribution is 2.32. The molecule has 3 nitrogen and oxygen atoms in total. The van der Waals surface area contributed by atoms with Gasteiger partial charge in [0.25, 0.3) is 0 Å². The van der Waals surface area contributed by atoms with Crippen LogP contribution in [0.5, 0.6) is 0 Å². The second-order valence-corrected chi connectivity index (χ2v) is 6.83. The van der Waals surface area contributed by atoms with Crippen LogP contribution in [0.1, 0.15) is 37.3 Å². The molecule has 2 heterocycles. The molecule has 3 atom stereocenters. The summed E-state index contributed by atoms with van der Waals surface area (Å²) in [5, 5.41) is 12.4. The molecule has 2 fully saturated rings. The SMILES string of the molecule is N#CC1CCN(C2CC(Cl)NC(c3ccc(F)cc3)C2)CC1. The first-order valence-corrected chi connectivity index (χ1v) is 8.38. The maximum atomic E-state index is 13.1. The van der Waals surface area contributed by atoms with Crippen LogP contribution in [0.4, 0.5) is 4.39 Å². The zero-order valence-corrected chi connectivity index (χ0v) is 13.3. The minimum atomic E-state index is -0.211. The first-order chi connectivity index (χ1) is 10.7. The van der Waals surface area contributed by atoms with E-state index in [1.807, 2.05) is 12.1 Å². The van der Waals surface area contributed by atoms with Crippen molar-refractivity contribution < 1.29 is 4.39 Å². The van der Waals surface area contributed by atoms with E-state index in [4.69, 9.17) is 16.9 Å². The Hall–Kier alpha value is -1.15. The number of alkyl halides is 1. The third-order valence-electron chi connectivity index (χ3n) is 4.87. The highest BCUT2D eigenvalue weighted by Gasteiger charge is 2.33. The summed E-state index contributed by atoms with van der Waals surface area (Å²) in [6, 6.07) is 9.64. The summed E-state index contributed by atoms with van der Waals surface area (Å²) < 4.78 is 13.1. The first-order valence-electron chi connectivity index (χ1n) is 7.95. The number of halogens is 2. The van der Waals surface area contributed by atoms with Crippen molar-refractivity contribution in [2.45, 2.75) is 43.3 Å². The lowest BCUT2D eigenvalue weighted by Crippen LogP contribution is -2.49. The van der Waals surface area contributed by atoms with Crippen molar-refractivity contribution in [3.05, 3.63) is 35.6 Å². The molecule has 2 aliphatic heterocycles. The molecular formula is C17H21ClFN3. The molecule has 0 aliphatic carbocycles.